The van der Waals surface area contributed by atoms with Crippen molar-refractivity contribution in [2.75, 3.05) is 63.9 Å². The van der Waals surface area contributed by atoms with Gasteiger partial charge in [0, 0.05) is 65.8 Å². The first-order chi connectivity index (χ1) is 51.8. The molecular formula is C62H63Cl2F25FeIN9O13S5. The molecule has 118 heavy (non-hydrogen) atoms. The number of anilines is 2. The van der Waals surface area contributed by atoms with Crippen LogP contribution in [0.1, 0.15) is 75.5 Å². The molecule has 2 saturated heterocycles. The summed E-state index contributed by atoms with van der Waals surface area (Å²) in [5.74, 6) is -2.20. The van der Waals surface area contributed by atoms with Gasteiger partial charge in [-0.1, -0.05) is 120 Å². The molecule has 56 heteroatoms. The molecule has 0 unspecified atom stereocenters. The molecule has 0 aliphatic carbocycles. The predicted molar refractivity (Wildman–Crippen MR) is 405 cm³/mol. The molecule has 8 aromatic rings. The van der Waals surface area contributed by atoms with Crippen LogP contribution in [0.5, 0.6) is 11.5 Å². The smallest absolute Gasteiger partial charge is 0.342 e. The van der Waals surface area contributed by atoms with E-state index in [1.165, 1.54) is 45.7 Å². The van der Waals surface area contributed by atoms with Crippen LogP contribution in [-0.4, -0.2) is 109 Å². The van der Waals surface area contributed by atoms with E-state index >= 15 is 0 Å². The number of nitro benzene ring substituents is 3. The Morgan fingerprint density at radius 1 is 0.483 bits per heavy atom. The number of carboxylic acid groups (broad SMARTS) is 2. The van der Waals surface area contributed by atoms with Crippen LogP contribution in [0, 0.1) is 37.3 Å². The van der Waals surface area contributed by atoms with Crippen molar-refractivity contribution in [1.29, 1.82) is 0 Å². The van der Waals surface area contributed by atoms with Crippen LogP contribution in [0.3, 0.4) is 0 Å². The molecule has 1 aromatic heterocycles. The van der Waals surface area contributed by atoms with E-state index in [2.05, 4.69) is 14.8 Å². The number of carboxylic acids is 2. The summed E-state index contributed by atoms with van der Waals surface area (Å²) in [5, 5.41) is 47.3. The van der Waals surface area contributed by atoms with Crippen molar-refractivity contribution in [3.05, 3.63) is 209 Å². The number of likely N-dealkylation sites (tertiary alicyclic amines) is 2. The molecule has 22 nitrogen and oxygen atoms in total. The van der Waals surface area contributed by atoms with Gasteiger partial charge in [-0.05, 0) is 193 Å². The Hall–Kier alpha value is -8.23. The minimum Gasteiger partial charge on any atom is -0.494 e. The van der Waals surface area contributed by atoms with Crippen molar-refractivity contribution in [3.8, 4) is 17.2 Å². The van der Waals surface area contributed by atoms with E-state index in [-0.39, 0.29) is 113 Å². The Bertz CT molecular complexity index is 5130. The van der Waals surface area contributed by atoms with Crippen LogP contribution >= 0.6 is 98.3 Å². The minimum atomic E-state index is -10.1. The summed E-state index contributed by atoms with van der Waals surface area (Å²) in [6, 6.07) is 15.9. The summed E-state index contributed by atoms with van der Waals surface area (Å²) in [6.07, 6.45) is 7.16. The maximum atomic E-state index is 13.2. The van der Waals surface area contributed by atoms with Gasteiger partial charge in [-0.15, -0.1) is 24.0 Å². The average Bonchev–Trinajstić information content (AvgIpc) is 0.818. The van der Waals surface area contributed by atoms with Gasteiger partial charge in [0.25, 0.3) is 22.6 Å². The molecule has 0 radical (unpaired) electrons. The molecule has 0 spiro atoms. The Labute approximate surface area is 687 Å². The molecule has 3 heterocycles. The number of hydrogen-bond donors (Lipinski definition) is 4. The number of aromatic nitrogens is 2. The quantitative estimate of drug-likeness (QED) is 0.00716. The first kappa shape index (κ1) is 104. The number of rotatable bonds is 22. The molecule has 10 rings (SSSR count). The van der Waals surface area contributed by atoms with Crippen LogP contribution < -0.4 is 26.5 Å². The molecule has 7 aromatic carbocycles. The van der Waals surface area contributed by atoms with Gasteiger partial charge in [-0.2, -0.15) is 0 Å². The Balaban J connectivity index is 0.000000376. The van der Waals surface area contributed by atoms with Crippen molar-refractivity contribution in [2.24, 2.45) is 0 Å². The standard InChI is InChI=1S/C22H24F5N3O2S.C13H20N2O.C7H4Cl2F5NO2S.C7H4F5NO4S.C7H6F5NO2S.C6H4F5NO2S.Fe.HI/c1-16-28-21-10-9-19(33(23,24,25,26)27)15-20(21)22(31)30(16)17-5-7-18(8-6-17)32-14-4-13-29-11-2-3-12-29;14-12-4-6-13(7-5-12)16-11-3-10-15-8-1-2-9-15;8-7(9)5-3-4(18(10,11,12,13)14)1-2-6(5)15(16)17;8-18(9,10,11,12)4-1-2-6(13(16)17)5(3-4)7(14)15;8-16(9,10,11,12)4-1-2-6(13)5(3-4)7(14)15;7-15(8,9,10,11)6-3-1-5(2-4-6)12(13)14;;/h5-10,15H,2-4,11-14H2,1H3;4-7H,1-3,8-11,14H2;1-3,7H;1-3H,(H,14,15);1-3H,13H2,(H,14,15);1-4H;;1H. The zero-order valence-electron chi connectivity index (χ0n) is 59.0. The number of hydrogen-bond acceptors (Lipinski definition) is 16. The van der Waals surface area contributed by atoms with Crippen molar-refractivity contribution in [2.45, 2.75) is 74.8 Å². The van der Waals surface area contributed by atoms with Crippen LogP contribution in [-0.2, 0) is 17.1 Å². The fraction of sp³-hybridized carbons (Fsp3) is 0.258. The third kappa shape index (κ3) is 32.1. The van der Waals surface area contributed by atoms with Gasteiger partial charge in [0.05, 0.1) is 55.7 Å². The van der Waals surface area contributed by atoms with E-state index in [1.807, 2.05) is 24.3 Å². The summed E-state index contributed by atoms with van der Waals surface area (Å²) in [4.78, 5) is 57.4. The summed E-state index contributed by atoms with van der Waals surface area (Å²) < 4.78 is 325. The van der Waals surface area contributed by atoms with Crippen LogP contribution in [0.25, 0.3) is 16.6 Å². The van der Waals surface area contributed by atoms with Crippen molar-refractivity contribution >= 4 is 150 Å². The van der Waals surface area contributed by atoms with E-state index < -0.39 is 164 Å². The normalized spacial score (nSPS) is 16.2. The summed E-state index contributed by atoms with van der Waals surface area (Å²) in [5.41, 5.74) is 4.26. The predicted octanol–water partition coefficient (Wildman–Crippen LogP) is 26.5. The number of nitro groups is 3. The number of nitrogen functional groups attached to an aromatic ring is 2. The van der Waals surface area contributed by atoms with Gasteiger partial charge in [0.1, 0.15) is 52.2 Å². The largest absolute Gasteiger partial charge is 0.494 e. The molecule has 2 aliphatic heterocycles. The molecule has 668 valence electrons. The zero-order chi connectivity index (χ0) is 88.8. The zero-order valence-corrected chi connectivity index (χ0v) is 68.0. The SMILES string of the molecule is Cc1nc2ccc(S(F)(F)(F)(F)F)cc2c(=O)n1-c1ccc(OCCCN2CCCC2)cc1.I.Nc1ccc(OCCCN2CCCC2)cc1.Nc1ccc(S(F)(F)(F)(F)F)cc1C(=O)O.O=C(O)c1cc(S(F)(F)(F)(F)F)ccc1[N+](=O)[O-].O=[N+]([O-])c1ccc(S(F)(F)(F)(F)F)cc1.O=[N+]([O-])c1ccc(S(F)(F)(F)(F)F)cc1C(Cl)Cl.[Fe]. The third-order valence-electron chi connectivity index (χ3n) is 15.5. The maximum absolute atomic E-state index is 13.2. The van der Waals surface area contributed by atoms with Crippen molar-refractivity contribution < 1.29 is 158 Å². The fourth-order valence-corrected chi connectivity index (χ4v) is 13.7. The van der Waals surface area contributed by atoms with Gasteiger partial charge >= 0.3 is 63.1 Å². The van der Waals surface area contributed by atoms with Crippen LogP contribution in [0.4, 0.5) is 126 Å². The second-order valence-corrected chi connectivity index (χ2v) is 37.9. The molecule has 2 aliphatic rings. The molecule has 0 bridgehead atoms. The van der Waals surface area contributed by atoms with Crippen LogP contribution in [0.15, 0.2) is 175 Å². The van der Waals surface area contributed by atoms with E-state index in [0.717, 1.165) is 67.7 Å². The van der Waals surface area contributed by atoms with E-state index in [4.69, 9.17) is 54.4 Å². The van der Waals surface area contributed by atoms with E-state index in [0.29, 0.717) is 42.3 Å². The van der Waals surface area contributed by atoms with E-state index in [1.54, 1.807) is 24.3 Å². The number of benzene rings is 7. The Morgan fingerprint density at radius 3 is 1.20 bits per heavy atom. The molecule has 2 fully saturated rings. The summed E-state index contributed by atoms with van der Waals surface area (Å²) in [7, 11) is -49.5. The summed E-state index contributed by atoms with van der Waals surface area (Å²) >= 11 is 10.5. The van der Waals surface area contributed by atoms with Gasteiger partial charge in [-0.3, -0.25) is 39.7 Å². The minimum absolute atomic E-state index is 0. The van der Waals surface area contributed by atoms with Crippen molar-refractivity contribution in [1.82, 2.24) is 19.4 Å². The number of non-ortho nitro benzene ring substituents is 1. The monoisotopic (exact) mass is 2030 g/mol. The molecular weight excluding hydrogens is 1970 g/mol. The average molecular weight is 2030 g/mol. The first-order valence-electron chi connectivity index (χ1n) is 31.7. The molecule has 0 saturated carbocycles. The maximum Gasteiger partial charge on any atom is 0.342 e. The number of aromatic carboxylic acids is 2. The third-order valence-corrected chi connectivity index (χ3v) is 21.7. The van der Waals surface area contributed by atoms with Gasteiger partial charge < -0.3 is 41.0 Å². The second-order valence-electron chi connectivity index (χ2n) is 24.7. The molecule has 6 N–H and O–H groups in total. The van der Waals surface area contributed by atoms with Crippen LogP contribution in [0.2, 0.25) is 0 Å². The Kier molecular flexibility index (Phi) is 29.3. The number of nitrogens with two attached hydrogens (primary N) is 2. The Morgan fingerprint density at radius 2 is 0.831 bits per heavy atom. The number of alkyl halides is 2. The van der Waals surface area contributed by atoms with Gasteiger partial charge in [0.2, 0.25) is 0 Å². The fourth-order valence-electron chi connectivity index (χ4n) is 10.0. The van der Waals surface area contributed by atoms with Gasteiger partial charge in [0.15, 0.2) is 0 Å². The number of aryl methyl sites for hydroxylation is 1. The summed E-state index contributed by atoms with van der Waals surface area (Å²) in [6.45, 7) is 9.74. The van der Waals surface area contributed by atoms with E-state index in [9.17, 15) is 142 Å². The second kappa shape index (κ2) is 33.3. The van der Waals surface area contributed by atoms with Crippen molar-refractivity contribution in [3.63, 3.8) is 0 Å². The number of ether oxygens (including phenoxy) is 2. The number of nitrogens with zero attached hydrogens (tertiary/aromatic N) is 7. The number of halogens is 28. The first-order valence-corrected chi connectivity index (χ1v) is 42.3. The molecule has 0 atom stereocenters. The van der Waals surface area contributed by atoms with Gasteiger partial charge in [-0.25, -0.2) is 14.6 Å². The molecule has 0 amide bonds. The number of carbonyl (C=O) groups is 2. The number of fused-ring (bicyclic) bond motifs is 1. The topological polar surface area (TPSA) is 316 Å².